The van der Waals surface area contributed by atoms with Crippen molar-refractivity contribution in [2.45, 2.75) is 32.0 Å². The number of hydrogen-bond donors (Lipinski definition) is 3. The average molecular weight is 422 g/mol. The van der Waals surface area contributed by atoms with Crippen molar-refractivity contribution >= 4 is 11.6 Å². The summed E-state index contributed by atoms with van der Waals surface area (Å²) in [6.07, 6.45) is -2.45. The van der Waals surface area contributed by atoms with E-state index in [2.05, 4.69) is 20.9 Å². The summed E-state index contributed by atoms with van der Waals surface area (Å²) in [5, 5.41) is 9.10. The maximum Gasteiger partial charge on any atom is 0.416 e. The molecule has 160 valence electrons. The van der Waals surface area contributed by atoms with E-state index in [0.717, 1.165) is 17.8 Å². The van der Waals surface area contributed by atoms with Gasteiger partial charge in [-0.3, -0.25) is 9.78 Å². The molecular weight excluding hydrogens is 400 g/mol. The van der Waals surface area contributed by atoms with Crippen molar-refractivity contribution in [3.63, 3.8) is 0 Å². The number of halogens is 4. The first kappa shape index (κ1) is 21.8. The minimum absolute atomic E-state index is 0.0374. The molecule has 0 spiro atoms. The molecular formula is C21H22F4N4O. The molecule has 2 aromatic rings. The van der Waals surface area contributed by atoms with Crippen LogP contribution in [0.15, 0.2) is 47.8 Å². The van der Waals surface area contributed by atoms with Gasteiger partial charge in [0.15, 0.2) is 0 Å². The highest BCUT2D eigenvalue weighted by Crippen LogP contribution is 2.31. The molecule has 5 nitrogen and oxygen atoms in total. The Balaban J connectivity index is 1.85. The normalized spacial score (nSPS) is 15.7. The minimum Gasteiger partial charge on any atom is -0.358 e. The quantitative estimate of drug-likeness (QED) is 0.622. The number of nitrogens with one attached hydrogen (secondary N) is 3. The second-order valence-electron chi connectivity index (χ2n) is 7.09. The number of carbonyl (C=O) groups is 1. The van der Waals surface area contributed by atoms with Crippen LogP contribution in [0.5, 0.6) is 0 Å². The number of pyridine rings is 1. The van der Waals surface area contributed by atoms with Gasteiger partial charge in [0.2, 0.25) is 0 Å². The van der Waals surface area contributed by atoms with Crippen LogP contribution in [0.3, 0.4) is 0 Å². The van der Waals surface area contributed by atoms with Crippen LogP contribution in [-0.2, 0) is 17.4 Å². The summed E-state index contributed by atoms with van der Waals surface area (Å²) in [5.74, 6) is -1.10. The SMILES string of the molecule is CNC(C)C1=C(Nc2ccnc(Cc3cc(F)cc(C(F)(F)F)c3)c2)CCNC1=O. The van der Waals surface area contributed by atoms with Gasteiger partial charge in [0.1, 0.15) is 5.82 Å². The van der Waals surface area contributed by atoms with Gasteiger partial charge in [0, 0.05) is 48.7 Å². The fraction of sp³-hybridized carbons (Fsp3) is 0.333. The molecule has 3 rings (SSSR count). The zero-order chi connectivity index (χ0) is 21.9. The van der Waals surface area contributed by atoms with Crippen LogP contribution in [0.4, 0.5) is 23.2 Å². The van der Waals surface area contributed by atoms with E-state index in [4.69, 9.17) is 0 Å². The molecule has 30 heavy (non-hydrogen) atoms. The van der Waals surface area contributed by atoms with Gasteiger partial charge < -0.3 is 16.0 Å². The molecule has 1 unspecified atom stereocenters. The lowest BCUT2D eigenvalue weighted by Crippen LogP contribution is -2.41. The largest absolute Gasteiger partial charge is 0.416 e. The first-order valence-electron chi connectivity index (χ1n) is 9.44. The van der Waals surface area contributed by atoms with Crippen LogP contribution in [0.25, 0.3) is 0 Å². The van der Waals surface area contributed by atoms with Gasteiger partial charge in [-0.15, -0.1) is 0 Å². The Morgan fingerprint density at radius 1 is 1.23 bits per heavy atom. The minimum atomic E-state index is -4.62. The van der Waals surface area contributed by atoms with E-state index in [1.54, 1.807) is 19.2 Å². The Hall–Kier alpha value is -2.94. The summed E-state index contributed by atoms with van der Waals surface area (Å²) >= 11 is 0. The third-order valence-corrected chi connectivity index (χ3v) is 4.88. The Kier molecular flexibility index (Phi) is 6.40. The third kappa shape index (κ3) is 5.15. The molecule has 0 aliphatic carbocycles. The molecule has 9 heteroatoms. The van der Waals surface area contributed by atoms with Crippen molar-refractivity contribution < 1.29 is 22.4 Å². The predicted molar refractivity (Wildman–Crippen MR) is 105 cm³/mol. The number of rotatable bonds is 6. The Labute approximate surface area is 171 Å². The number of alkyl halides is 3. The first-order chi connectivity index (χ1) is 14.2. The number of amides is 1. The highest BCUT2D eigenvalue weighted by atomic mass is 19.4. The summed E-state index contributed by atoms with van der Waals surface area (Å²) in [7, 11) is 1.76. The van der Waals surface area contributed by atoms with Gasteiger partial charge in [0.05, 0.1) is 11.1 Å². The van der Waals surface area contributed by atoms with Crippen LogP contribution in [0.1, 0.15) is 30.2 Å². The Bertz CT molecular complexity index is 972. The van der Waals surface area contributed by atoms with Crippen molar-refractivity contribution in [1.82, 2.24) is 15.6 Å². The monoisotopic (exact) mass is 422 g/mol. The van der Waals surface area contributed by atoms with Crippen molar-refractivity contribution in [2.24, 2.45) is 0 Å². The van der Waals surface area contributed by atoms with Crippen molar-refractivity contribution in [2.75, 3.05) is 18.9 Å². The molecule has 0 fully saturated rings. The maximum absolute atomic E-state index is 13.7. The standard InChI is InChI=1S/C21H22F4N4O/c1-12(26-2)19-18(4-6-28-20(19)30)29-16-3-5-27-17(11-16)9-13-7-14(21(23,24)25)10-15(22)8-13/h3,5,7-8,10-12,26H,4,6,9H2,1-2H3,(H,27,29)(H,28,30). The number of likely N-dealkylation sites (N-methyl/N-ethyl adjacent to an activating group) is 1. The van der Waals surface area contributed by atoms with Gasteiger partial charge in [-0.2, -0.15) is 13.2 Å². The van der Waals surface area contributed by atoms with E-state index < -0.39 is 17.6 Å². The molecule has 0 saturated heterocycles. The van der Waals surface area contributed by atoms with Crippen LogP contribution < -0.4 is 16.0 Å². The lowest BCUT2D eigenvalue weighted by atomic mass is 10.00. The second-order valence-corrected chi connectivity index (χ2v) is 7.09. The van der Waals surface area contributed by atoms with E-state index in [1.165, 1.54) is 6.20 Å². The Morgan fingerprint density at radius 3 is 2.70 bits per heavy atom. The van der Waals surface area contributed by atoms with Gasteiger partial charge >= 0.3 is 6.18 Å². The molecule has 3 N–H and O–H groups in total. The third-order valence-electron chi connectivity index (χ3n) is 4.88. The maximum atomic E-state index is 13.7. The van der Waals surface area contributed by atoms with Crippen molar-refractivity contribution in [1.29, 1.82) is 0 Å². The predicted octanol–water partition coefficient (Wildman–Crippen LogP) is 3.62. The highest BCUT2D eigenvalue weighted by molar-refractivity contribution is 5.96. The number of anilines is 1. The lowest BCUT2D eigenvalue weighted by Gasteiger charge is -2.25. The molecule has 1 atom stereocenters. The summed E-state index contributed by atoms with van der Waals surface area (Å²) < 4.78 is 52.5. The van der Waals surface area contributed by atoms with Crippen LogP contribution in [-0.4, -0.2) is 30.5 Å². The highest BCUT2D eigenvalue weighted by Gasteiger charge is 2.31. The fourth-order valence-electron chi connectivity index (χ4n) is 3.35. The second kappa shape index (κ2) is 8.83. The van der Waals surface area contributed by atoms with Crippen molar-refractivity contribution in [3.05, 3.63) is 70.4 Å². The zero-order valence-electron chi connectivity index (χ0n) is 16.5. The summed E-state index contributed by atoms with van der Waals surface area (Å²) in [5.41, 5.74) is 1.63. The van der Waals surface area contributed by atoms with E-state index in [9.17, 15) is 22.4 Å². The molecule has 0 saturated carbocycles. The number of benzene rings is 1. The Morgan fingerprint density at radius 2 is 2.00 bits per heavy atom. The summed E-state index contributed by atoms with van der Waals surface area (Å²) in [4.78, 5) is 16.4. The molecule has 1 aromatic heterocycles. The van der Waals surface area contributed by atoms with E-state index in [1.807, 2.05) is 6.92 Å². The number of nitrogens with zero attached hydrogens (tertiary/aromatic N) is 1. The number of carbonyl (C=O) groups excluding carboxylic acids is 1. The zero-order valence-corrected chi connectivity index (χ0v) is 16.5. The first-order valence-corrected chi connectivity index (χ1v) is 9.44. The van der Waals surface area contributed by atoms with Crippen molar-refractivity contribution in [3.8, 4) is 0 Å². The van der Waals surface area contributed by atoms with Gasteiger partial charge in [0.25, 0.3) is 5.91 Å². The smallest absolute Gasteiger partial charge is 0.358 e. The summed E-state index contributed by atoms with van der Waals surface area (Å²) in [6, 6.07) is 5.68. The molecule has 1 aromatic carbocycles. The molecule has 0 bridgehead atoms. The van der Waals surface area contributed by atoms with Gasteiger partial charge in [-0.25, -0.2) is 4.39 Å². The number of aromatic nitrogens is 1. The fourth-order valence-corrected chi connectivity index (χ4v) is 3.35. The summed E-state index contributed by atoms with van der Waals surface area (Å²) in [6.45, 7) is 2.38. The topological polar surface area (TPSA) is 66.1 Å². The van der Waals surface area contributed by atoms with Crippen LogP contribution >= 0.6 is 0 Å². The van der Waals surface area contributed by atoms with Crippen LogP contribution in [0, 0.1) is 5.82 Å². The van der Waals surface area contributed by atoms with E-state index in [0.29, 0.717) is 36.0 Å². The number of hydrogen-bond acceptors (Lipinski definition) is 4. The molecule has 0 radical (unpaired) electrons. The lowest BCUT2D eigenvalue weighted by molar-refractivity contribution is -0.137. The molecule has 1 amide bonds. The molecule has 2 heterocycles. The molecule has 1 aliphatic heterocycles. The van der Waals surface area contributed by atoms with Gasteiger partial charge in [-0.05, 0) is 49.9 Å². The van der Waals surface area contributed by atoms with Gasteiger partial charge in [-0.1, -0.05) is 0 Å². The van der Waals surface area contributed by atoms with E-state index >= 15 is 0 Å². The van der Waals surface area contributed by atoms with E-state index in [-0.39, 0.29) is 23.9 Å². The van der Waals surface area contributed by atoms with Crippen LogP contribution in [0.2, 0.25) is 0 Å². The molecule has 1 aliphatic rings. The average Bonchev–Trinajstić information content (AvgIpc) is 2.67.